The highest BCUT2D eigenvalue weighted by atomic mass is 16.2. The van der Waals surface area contributed by atoms with E-state index in [1.54, 1.807) is 24.7 Å². The number of hydrogen-bond acceptors (Lipinski definition) is 5. The fraction of sp³-hybridized carbons (Fsp3) is 0.350. The number of likely N-dealkylation sites (N-methyl/N-ethyl adjacent to an activating group) is 1. The maximum Gasteiger partial charge on any atom is 0.271 e. The van der Waals surface area contributed by atoms with Gasteiger partial charge in [0.2, 0.25) is 5.91 Å². The van der Waals surface area contributed by atoms with Gasteiger partial charge in [-0.3, -0.25) is 14.6 Å². The van der Waals surface area contributed by atoms with Crippen molar-refractivity contribution in [1.29, 1.82) is 0 Å². The lowest BCUT2D eigenvalue weighted by Gasteiger charge is -2.33. The lowest BCUT2D eigenvalue weighted by atomic mass is 10.0. The van der Waals surface area contributed by atoms with Crippen molar-refractivity contribution in [1.82, 2.24) is 20.2 Å². The maximum atomic E-state index is 12.3. The topological polar surface area (TPSA) is 90.1 Å². The number of likely N-dealkylation sites (tertiary alicyclic amines) is 1. The van der Waals surface area contributed by atoms with Gasteiger partial charge >= 0.3 is 0 Å². The Bertz CT molecular complexity index is 847. The Hall–Kier alpha value is -2.93. The van der Waals surface area contributed by atoms with Crippen LogP contribution in [-0.4, -0.2) is 53.5 Å². The summed E-state index contributed by atoms with van der Waals surface area (Å²) in [5, 5.41) is 6.30. The van der Waals surface area contributed by atoms with Crippen molar-refractivity contribution in [3.63, 3.8) is 0 Å². The second kappa shape index (κ2) is 9.14. The Labute approximate surface area is 158 Å². The zero-order valence-electron chi connectivity index (χ0n) is 15.4. The highest BCUT2D eigenvalue weighted by molar-refractivity contribution is 5.87. The van der Waals surface area contributed by atoms with Gasteiger partial charge in [0.05, 0.1) is 0 Å². The van der Waals surface area contributed by atoms with Crippen LogP contribution in [0.2, 0.25) is 0 Å². The Kier molecular flexibility index (Phi) is 6.38. The molecule has 1 amide bonds. The number of amides is 1. The van der Waals surface area contributed by atoms with Crippen molar-refractivity contribution in [3.8, 4) is 11.1 Å². The lowest BCUT2D eigenvalue weighted by molar-refractivity contribution is -0.127. The molecule has 1 saturated heterocycles. The normalized spacial score (nSPS) is 17.2. The van der Waals surface area contributed by atoms with Gasteiger partial charge in [-0.25, -0.2) is 0 Å². The minimum absolute atomic E-state index is 0.0104. The number of nitrogens with zero attached hydrogens (tertiary/aromatic N) is 2. The van der Waals surface area contributed by atoms with Crippen LogP contribution in [-0.2, 0) is 4.79 Å². The first-order chi connectivity index (χ1) is 13.2. The van der Waals surface area contributed by atoms with Crippen molar-refractivity contribution in [2.45, 2.75) is 18.9 Å². The number of carbonyl (C=O) groups is 1. The van der Waals surface area contributed by atoms with Crippen molar-refractivity contribution in [2.24, 2.45) is 0 Å². The quantitative estimate of drug-likeness (QED) is 0.675. The molecule has 7 heteroatoms. The predicted molar refractivity (Wildman–Crippen MR) is 107 cm³/mol. The molecule has 0 unspecified atom stereocenters. The molecule has 142 valence electrons. The Morgan fingerprint density at radius 2 is 2.19 bits per heavy atom. The average Bonchev–Trinajstić information content (AvgIpc) is 2.70. The van der Waals surface area contributed by atoms with Gasteiger partial charge in [-0.05, 0) is 43.7 Å². The smallest absolute Gasteiger partial charge is 0.271 e. The number of aromatic nitrogens is 2. The van der Waals surface area contributed by atoms with Crippen molar-refractivity contribution >= 4 is 11.6 Å². The molecule has 0 bridgehead atoms. The molecule has 0 radical (unpaired) electrons. The SMILES string of the molecule is CNC/C=C/C(=O)N1CCC[C@H](Nc2cc(-c3ccncc3)c[nH]c2=O)C1. The summed E-state index contributed by atoms with van der Waals surface area (Å²) in [5.74, 6) is 0.0104. The molecular formula is C20H25N5O2. The summed E-state index contributed by atoms with van der Waals surface area (Å²) in [4.78, 5) is 33.2. The molecule has 3 N–H and O–H groups in total. The van der Waals surface area contributed by atoms with Crippen LogP contribution in [0.3, 0.4) is 0 Å². The molecule has 3 rings (SSSR count). The van der Waals surface area contributed by atoms with Crippen LogP contribution in [0.15, 0.2) is 53.7 Å². The summed E-state index contributed by atoms with van der Waals surface area (Å²) in [5.41, 5.74) is 2.26. The molecule has 3 heterocycles. The summed E-state index contributed by atoms with van der Waals surface area (Å²) < 4.78 is 0. The second-order valence-corrected chi connectivity index (χ2v) is 6.59. The van der Waals surface area contributed by atoms with Gasteiger partial charge in [0.15, 0.2) is 0 Å². The van der Waals surface area contributed by atoms with Gasteiger partial charge in [0.25, 0.3) is 5.56 Å². The second-order valence-electron chi connectivity index (χ2n) is 6.59. The number of pyridine rings is 2. The van der Waals surface area contributed by atoms with Crippen LogP contribution in [0.25, 0.3) is 11.1 Å². The van der Waals surface area contributed by atoms with E-state index in [4.69, 9.17) is 0 Å². The van der Waals surface area contributed by atoms with Gasteiger partial charge in [-0.1, -0.05) is 6.08 Å². The minimum atomic E-state index is -0.162. The standard InChI is InChI=1S/C20H25N5O2/c1-21-8-2-5-19(26)25-11-3-4-17(14-25)24-18-12-16(13-23-20(18)27)15-6-9-22-10-7-15/h2,5-7,9-10,12-13,17,21,24H,3-4,8,11,14H2,1H3,(H,23,27)/b5-2+/t17-/m0/s1. The summed E-state index contributed by atoms with van der Waals surface area (Å²) in [7, 11) is 1.84. The van der Waals surface area contributed by atoms with Crippen LogP contribution in [0.1, 0.15) is 12.8 Å². The van der Waals surface area contributed by atoms with E-state index in [0.717, 1.165) is 30.5 Å². The van der Waals surface area contributed by atoms with Crippen molar-refractivity contribution < 1.29 is 4.79 Å². The molecule has 27 heavy (non-hydrogen) atoms. The van der Waals surface area contributed by atoms with Crippen LogP contribution in [0.4, 0.5) is 5.69 Å². The van der Waals surface area contributed by atoms with E-state index >= 15 is 0 Å². The third-order valence-corrected chi connectivity index (χ3v) is 4.59. The number of piperidine rings is 1. The third kappa shape index (κ3) is 5.04. The molecular weight excluding hydrogens is 342 g/mol. The zero-order chi connectivity index (χ0) is 19.1. The number of hydrogen-bond donors (Lipinski definition) is 3. The molecule has 1 aliphatic rings. The number of H-pyrrole nitrogens is 1. The van der Waals surface area contributed by atoms with Crippen LogP contribution < -0.4 is 16.2 Å². The monoisotopic (exact) mass is 367 g/mol. The average molecular weight is 367 g/mol. The molecule has 0 aromatic carbocycles. The Balaban J connectivity index is 1.69. The highest BCUT2D eigenvalue weighted by Crippen LogP contribution is 2.20. The largest absolute Gasteiger partial charge is 0.376 e. The molecule has 7 nitrogen and oxygen atoms in total. The lowest BCUT2D eigenvalue weighted by Crippen LogP contribution is -2.45. The van der Waals surface area contributed by atoms with Crippen LogP contribution >= 0.6 is 0 Å². The van der Waals surface area contributed by atoms with E-state index in [2.05, 4.69) is 20.6 Å². The van der Waals surface area contributed by atoms with Gasteiger partial charge in [0, 0.05) is 55.9 Å². The van der Waals surface area contributed by atoms with Crippen LogP contribution in [0.5, 0.6) is 0 Å². The summed E-state index contributed by atoms with van der Waals surface area (Å²) in [6.07, 6.45) is 10.4. The fourth-order valence-corrected chi connectivity index (χ4v) is 3.20. The maximum absolute atomic E-state index is 12.3. The molecule has 0 spiro atoms. The molecule has 0 aliphatic carbocycles. The first-order valence-corrected chi connectivity index (χ1v) is 9.17. The number of aromatic amines is 1. The molecule has 0 saturated carbocycles. The Morgan fingerprint density at radius 3 is 2.96 bits per heavy atom. The van der Waals surface area contributed by atoms with E-state index in [1.165, 1.54) is 0 Å². The van der Waals surface area contributed by atoms with E-state index in [1.807, 2.05) is 36.2 Å². The minimum Gasteiger partial charge on any atom is -0.376 e. The van der Waals surface area contributed by atoms with Gasteiger partial charge in [-0.15, -0.1) is 0 Å². The first kappa shape index (κ1) is 18.8. The summed E-state index contributed by atoms with van der Waals surface area (Å²) >= 11 is 0. The van der Waals surface area contributed by atoms with Crippen molar-refractivity contribution in [3.05, 3.63) is 59.3 Å². The Morgan fingerprint density at radius 1 is 1.37 bits per heavy atom. The highest BCUT2D eigenvalue weighted by Gasteiger charge is 2.23. The van der Waals surface area contributed by atoms with Crippen molar-refractivity contribution in [2.75, 3.05) is 32.0 Å². The fourth-order valence-electron chi connectivity index (χ4n) is 3.20. The molecule has 1 fully saturated rings. The number of nitrogens with one attached hydrogen (secondary N) is 3. The van der Waals surface area contributed by atoms with E-state index in [9.17, 15) is 9.59 Å². The zero-order valence-corrected chi connectivity index (χ0v) is 15.4. The third-order valence-electron chi connectivity index (χ3n) is 4.59. The molecule has 1 atom stereocenters. The summed E-state index contributed by atoms with van der Waals surface area (Å²) in [6.45, 7) is 1.99. The summed E-state index contributed by atoms with van der Waals surface area (Å²) in [6, 6.07) is 5.70. The van der Waals surface area contributed by atoms with Gasteiger partial charge < -0.3 is 20.5 Å². The molecule has 2 aromatic rings. The van der Waals surface area contributed by atoms with Gasteiger partial charge in [0.1, 0.15) is 5.69 Å². The van der Waals surface area contributed by atoms with E-state index in [-0.39, 0.29) is 17.5 Å². The van der Waals surface area contributed by atoms with Gasteiger partial charge in [-0.2, -0.15) is 0 Å². The first-order valence-electron chi connectivity index (χ1n) is 9.17. The van der Waals surface area contributed by atoms with E-state index < -0.39 is 0 Å². The number of anilines is 1. The molecule has 1 aliphatic heterocycles. The number of rotatable bonds is 6. The van der Waals surface area contributed by atoms with E-state index in [0.29, 0.717) is 18.8 Å². The van der Waals surface area contributed by atoms with Crippen LogP contribution in [0, 0.1) is 0 Å². The number of carbonyl (C=O) groups excluding carboxylic acids is 1. The predicted octanol–water partition coefficient (Wildman–Crippen LogP) is 1.62. The molecule has 2 aromatic heterocycles.